The van der Waals surface area contributed by atoms with Gasteiger partial charge in [0, 0.05) is 12.1 Å². The molecular formula is C19H16Cl2N8S2. The largest absolute Gasteiger partial charge is 0.308 e. The van der Waals surface area contributed by atoms with E-state index >= 15 is 0 Å². The van der Waals surface area contributed by atoms with Crippen molar-refractivity contribution in [3.8, 4) is 29.7 Å². The average Bonchev–Trinajstić information content (AvgIpc) is 3.19. The smallest absolute Gasteiger partial charge is 0.215 e. The van der Waals surface area contributed by atoms with E-state index in [4.69, 9.17) is 29.6 Å². The Morgan fingerprint density at radius 2 is 2.03 bits per heavy atom. The fraction of sp³-hybridized carbons (Fsp3) is 0.263. The highest BCUT2D eigenvalue weighted by atomic mass is 35.5. The molecule has 0 aliphatic rings. The fourth-order valence-corrected chi connectivity index (χ4v) is 4.15. The SMILES string of the molecule is C#CCSc1nc(Sc2nnnn2CCN(C)C)c(C#N)c(-c2ccc(Cl)c(Cl)c2)n1. The second-order valence-electron chi connectivity index (χ2n) is 6.36. The first kappa shape index (κ1) is 23.3. The van der Waals surface area contributed by atoms with Crippen LogP contribution in [0.2, 0.25) is 10.0 Å². The molecule has 0 fully saturated rings. The molecule has 0 unspecified atom stereocenters. The maximum Gasteiger partial charge on any atom is 0.215 e. The van der Waals surface area contributed by atoms with Crippen LogP contribution >= 0.6 is 46.7 Å². The molecule has 158 valence electrons. The van der Waals surface area contributed by atoms with E-state index in [9.17, 15) is 5.26 Å². The van der Waals surface area contributed by atoms with Gasteiger partial charge in [-0.3, -0.25) is 0 Å². The molecule has 3 aromatic rings. The number of tetrazole rings is 1. The molecule has 3 rings (SSSR count). The summed E-state index contributed by atoms with van der Waals surface area (Å²) in [6, 6.07) is 7.28. The molecule has 12 heteroatoms. The first-order valence-corrected chi connectivity index (χ1v) is 11.4. The molecule has 0 saturated carbocycles. The second kappa shape index (κ2) is 10.8. The van der Waals surface area contributed by atoms with Crippen molar-refractivity contribution in [2.75, 3.05) is 26.4 Å². The van der Waals surface area contributed by atoms with Gasteiger partial charge in [0.1, 0.15) is 16.7 Å². The third kappa shape index (κ3) is 5.88. The molecule has 8 nitrogen and oxygen atoms in total. The number of halogens is 2. The summed E-state index contributed by atoms with van der Waals surface area (Å²) in [7, 11) is 3.93. The molecule has 31 heavy (non-hydrogen) atoms. The molecule has 0 spiro atoms. The monoisotopic (exact) mass is 490 g/mol. The van der Waals surface area contributed by atoms with Crippen molar-refractivity contribution in [2.45, 2.75) is 21.9 Å². The third-order valence-electron chi connectivity index (χ3n) is 3.89. The highest BCUT2D eigenvalue weighted by Gasteiger charge is 2.20. The minimum Gasteiger partial charge on any atom is -0.308 e. The molecule has 0 aliphatic heterocycles. The van der Waals surface area contributed by atoms with Crippen molar-refractivity contribution in [3.63, 3.8) is 0 Å². The Bertz CT molecular complexity index is 1170. The fourth-order valence-electron chi connectivity index (χ4n) is 2.41. The number of rotatable bonds is 8. The van der Waals surface area contributed by atoms with Crippen LogP contribution in [0.5, 0.6) is 0 Å². The minimum absolute atomic E-state index is 0.288. The number of benzene rings is 1. The summed E-state index contributed by atoms with van der Waals surface area (Å²) < 4.78 is 1.67. The highest BCUT2D eigenvalue weighted by Crippen LogP contribution is 2.35. The van der Waals surface area contributed by atoms with Crippen molar-refractivity contribution in [1.29, 1.82) is 5.26 Å². The van der Waals surface area contributed by atoms with Gasteiger partial charge in [-0.05, 0) is 48.4 Å². The lowest BCUT2D eigenvalue weighted by Crippen LogP contribution is -2.19. The van der Waals surface area contributed by atoms with Gasteiger partial charge in [0.15, 0.2) is 5.16 Å². The van der Waals surface area contributed by atoms with Crippen LogP contribution in [-0.2, 0) is 6.54 Å². The van der Waals surface area contributed by atoms with Crippen LogP contribution in [0.15, 0.2) is 33.5 Å². The number of thioether (sulfide) groups is 1. The van der Waals surface area contributed by atoms with Gasteiger partial charge in [0.05, 0.1) is 28.0 Å². The average molecular weight is 491 g/mol. The van der Waals surface area contributed by atoms with Crippen molar-refractivity contribution < 1.29 is 0 Å². The molecular weight excluding hydrogens is 475 g/mol. The zero-order valence-corrected chi connectivity index (χ0v) is 19.7. The Labute approximate surface area is 198 Å². The molecule has 0 amide bonds. The summed E-state index contributed by atoms with van der Waals surface area (Å²) >= 11 is 14.7. The molecule has 2 heterocycles. The Morgan fingerprint density at radius 1 is 1.23 bits per heavy atom. The number of likely N-dealkylation sites (N-methyl/N-ethyl adjacent to an activating group) is 1. The van der Waals surface area contributed by atoms with Crippen molar-refractivity contribution in [2.24, 2.45) is 0 Å². The highest BCUT2D eigenvalue weighted by molar-refractivity contribution is 7.99. The maximum absolute atomic E-state index is 9.92. The van der Waals surface area contributed by atoms with Crippen molar-refractivity contribution >= 4 is 46.7 Å². The predicted molar refractivity (Wildman–Crippen MR) is 122 cm³/mol. The van der Waals surface area contributed by atoms with Gasteiger partial charge < -0.3 is 4.90 Å². The van der Waals surface area contributed by atoms with Gasteiger partial charge in [-0.15, -0.1) is 11.5 Å². The van der Waals surface area contributed by atoms with E-state index < -0.39 is 0 Å². The summed E-state index contributed by atoms with van der Waals surface area (Å²) in [6.45, 7) is 1.35. The summed E-state index contributed by atoms with van der Waals surface area (Å²) in [5.74, 6) is 2.94. The van der Waals surface area contributed by atoms with E-state index in [1.807, 2.05) is 19.0 Å². The van der Waals surface area contributed by atoms with Crippen LogP contribution in [0.4, 0.5) is 0 Å². The third-order valence-corrected chi connectivity index (χ3v) is 6.35. The van der Waals surface area contributed by atoms with E-state index in [2.05, 4.69) is 37.5 Å². The van der Waals surface area contributed by atoms with Gasteiger partial charge in [0.25, 0.3) is 0 Å². The number of aromatic nitrogens is 6. The van der Waals surface area contributed by atoms with Crippen LogP contribution < -0.4 is 0 Å². The quantitative estimate of drug-likeness (QED) is 0.202. The number of hydrogen-bond acceptors (Lipinski definition) is 9. The Hall–Kier alpha value is -2.34. The summed E-state index contributed by atoms with van der Waals surface area (Å²) in [5, 5.41) is 24.0. The van der Waals surface area contributed by atoms with Crippen molar-refractivity contribution in [3.05, 3.63) is 33.8 Å². The summed E-state index contributed by atoms with van der Waals surface area (Å²) in [6.07, 6.45) is 5.39. The Kier molecular flexibility index (Phi) is 8.13. The normalized spacial score (nSPS) is 10.8. The Morgan fingerprint density at radius 3 is 2.71 bits per heavy atom. The van der Waals surface area contributed by atoms with Crippen LogP contribution in [0.3, 0.4) is 0 Å². The van der Waals surface area contributed by atoms with Crippen LogP contribution in [0.25, 0.3) is 11.3 Å². The van der Waals surface area contributed by atoms with E-state index in [1.54, 1.807) is 22.9 Å². The van der Waals surface area contributed by atoms with Gasteiger partial charge in [-0.1, -0.05) is 47.0 Å². The lowest BCUT2D eigenvalue weighted by molar-refractivity contribution is 0.361. The number of hydrogen-bond donors (Lipinski definition) is 0. The first-order valence-electron chi connectivity index (χ1n) is 8.85. The number of terminal acetylenes is 1. The molecule has 0 aliphatic carbocycles. The summed E-state index contributed by atoms with van der Waals surface area (Å²) in [4.78, 5) is 11.1. The lowest BCUT2D eigenvalue weighted by Gasteiger charge is -2.12. The lowest BCUT2D eigenvalue weighted by atomic mass is 10.1. The van der Waals surface area contributed by atoms with Crippen LogP contribution in [0, 0.1) is 23.7 Å². The number of nitriles is 1. The standard InChI is InChI=1S/C19H16Cl2N8S2/c1-4-9-30-18-23-16(12-5-6-14(20)15(21)10-12)13(11-22)17(24-18)31-19-25-26-27-29(19)8-7-28(2)3/h1,5-6,10H,7-9H2,2-3H3. The maximum atomic E-state index is 9.92. The van der Waals surface area contributed by atoms with E-state index in [1.165, 1.54) is 23.5 Å². The topological polar surface area (TPSA) is 96.4 Å². The zero-order chi connectivity index (χ0) is 22.4. The van der Waals surface area contributed by atoms with Gasteiger partial charge >= 0.3 is 0 Å². The molecule has 2 aromatic heterocycles. The second-order valence-corrected chi connectivity index (χ2v) is 9.07. The summed E-state index contributed by atoms with van der Waals surface area (Å²) in [5.41, 5.74) is 1.37. The molecule has 0 N–H and O–H groups in total. The Balaban J connectivity index is 2.07. The molecule has 0 bridgehead atoms. The minimum atomic E-state index is 0.288. The molecule has 0 atom stereocenters. The van der Waals surface area contributed by atoms with Gasteiger partial charge in [-0.2, -0.15) is 5.26 Å². The van der Waals surface area contributed by atoms with Crippen LogP contribution in [-0.4, -0.2) is 61.5 Å². The van der Waals surface area contributed by atoms with E-state index in [0.29, 0.717) is 48.9 Å². The van der Waals surface area contributed by atoms with Gasteiger partial charge in [0.2, 0.25) is 5.16 Å². The van der Waals surface area contributed by atoms with Gasteiger partial charge in [-0.25, -0.2) is 14.6 Å². The van der Waals surface area contributed by atoms with E-state index in [0.717, 1.165) is 6.54 Å². The van der Waals surface area contributed by atoms with E-state index in [-0.39, 0.29) is 5.56 Å². The molecule has 1 aromatic carbocycles. The van der Waals surface area contributed by atoms with Crippen LogP contribution in [0.1, 0.15) is 5.56 Å². The predicted octanol–water partition coefficient (Wildman–Crippen LogP) is 3.75. The molecule has 0 saturated heterocycles. The van der Waals surface area contributed by atoms with Crippen molar-refractivity contribution in [1.82, 2.24) is 35.1 Å². The number of nitrogens with zero attached hydrogens (tertiary/aromatic N) is 8. The molecule has 0 radical (unpaired) electrons. The first-order chi connectivity index (χ1) is 14.9. The zero-order valence-electron chi connectivity index (χ0n) is 16.6.